The van der Waals surface area contributed by atoms with Gasteiger partial charge in [-0.1, -0.05) is 25.1 Å². The molecule has 0 heterocycles. The molecule has 5 rings (SSSR count). The van der Waals surface area contributed by atoms with Crippen LogP contribution in [0.1, 0.15) is 17.3 Å². The molecule has 2 N–H and O–H groups in total. The van der Waals surface area contributed by atoms with E-state index in [-0.39, 0.29) is 16.2 Å². The highest BCUT2D eigenvalue weighted by atomic mass is 32.2. The number of carboxylic acids is 1. The molecule has 11 heteroatoms. The van der Waals surface area contributed by atoms with Crippen molar-refractivity contribution in [3.8, 4) is 39.9 Å². The van der Waals surface area contributed by atoms with Gasteiger partial charge < -0.3 is 29.2 Å². The Labute approximate surface area is 286 Å². The Morgan fingerprint density at radius 2 is 1.37 bits per heavy atom. The average Bonchev–Trinajstić information content (AvgIpc) is 3.09. The van der Waals surface area contributed by atoms with Crippen molar-refractivity contribution >= 4 is 26.6 Å². The summed E-state index contributed by atoms with van der Waals surface area (Å²) >= 11 is 0. The molecule has 0 fully saturated rings. The zero-order valence-electron chi connectivity index (χ0n) is 27.4. The Morgan fingerprint density at radius 1 is 0.735 bits per heavy atom. The summed E-state index contributed by atoms with van der Waals surface area (Å²) in [6, 6.07) is 29.2. The van der Waals surface area contributed by atoms with Crippen LogP contribution in [0.3, 0.4) is 0 Å². The normalized spacial score (nSPS) is 11.5. The molecule has 0 aliphatic carbocycles. The number of aromatic carboxylic acids is 1. The number of likely N-dealkylation sites (N-methyl/N-ethyl adjacent to an activating group) is 1. The number of nitrogens with zero attached hydrogens (tertiary/aromatic N) is 1. The van der Waals surface area contributed by atoms with E-state index in [1.807, 2.05) is 36.4 Å². The molecule has 0 spiro atoms. The summed E-state index contributed by atoms with van der Waals surface area (Å²) in [4.78, 5) is 13.4. The number of fused-ring (bicyclic) bond motifs is 1. The summed E-state index contributed by atoms with van der Waals surface area (Å²) in [5.41, 5.74) is 1.79. The summed E-state index contributed by atoms with van der Waals surface area (Å²) in [5, 5.41) is 20.6. The molecule has 10 nitrogen and oxygen atoms in total. The van der Waals surface area contributed by atoms with Crippen LogP contribution in [0.2, 0.25) is 0 Å². The maximum absolute atomic E-state index is 12.0. The Bertz CT molecular complexity index is 1960. The first-order valence-corrected chi connectivity index (χ1v) is 17.7. The topological polar surface area (TPSA) is 132 Å². The van der Waals surface area contributed by atoms with Crippen molar-refractivity contribution in [3.05, 3.63) is 109 Å². The molecule has 0 saturated heterocycles. The SMILES string of the molecule is CCN(CCOCCOc1ccc(C(=O)O)cc1)CCOc1ccc(Oc2c(-c3ccc(S(C)(=O)=O)cc3)ccc3cc(O)ccc23)cc1. The molecule has 0 radical (unpaired) electrons. The second-order valence-corrected chi connectivity index (χ2v) is 13.3. The van der Waals surface area contributed by atoms with Crippen molar-refractivity contribution in [3.63, 3.8) is 0 Å². The van der Waals surface area contributed by atoms with Crippen LogP contribution in [0.4, 0.5) is 0 Å². The Hall–Kier alpha value is -5.10. The zero-order chi connectivity index (χ0) is 34.8. The van der Waals surface area contributed by atoms with E-state index in [2.05, 4.69) is 11.8 Å². The number of carbonyl (C=O) groups is 1. The number of hydrogen-bond donors (Lipinski definition) is 2. The fourth-order valence-electron chi connectivity index (χ4n) is 5.16. The van der Waals surface area contributed by atoms with Gasteiger partial charge in [0.1, 0.15) is 42.0 Å². The molecule has 0 bridgehead atoms. The third-order valence-corrected chi connectivity index (χ3v) is 8.99. The van der Waals surface area contributed by atoms with Gasteiger partial charge >= 0.3 is 5.97 Å². The first-order valence-electron chi connectivity index (χ1n) is 15.8. The maximum Gasteiger partial charge on any atom is 0.335 e. The predicted molar refractivity (Wildman–Crippen MR) is 188 cm³/mol. The molecular weight excluding hydrogens is 646 g/mol. The second kappa shape index (κ2) is 16.3. The summed E-state index contributed by atoms with van der Waals surface area (Å²) in [6.45, 7) is 6.19. The third-order valence-electron chi connectivity index (χ3n) is 7.86. The number of phenols is 1. The van der Waals surface area contributed by atoms with Gasteiger partial charge in [-0.3, -0.25) is 4.90 Å². The number of aromatic hydroxyl groups is 1. The molecule has 0 aliphatic heterocycles. The molecule has 0 aliphatic rings. The lowest BCUT2D eigenvalue weighted by molar-refractivity contribution is 0.0696. The van der Waals surface area contributed by atoms with Gasteiger partial charge in [0, 0.05) is 30.3 Å². The second-order valence-electron chi connectivity index (χ2n) is 11.3. The fourth-order valence-corrected chi connectivity index (χ4v) is 5.79. The van der Waals surface area contributed by atoms with E-state index < -0.39 is 15.8 Å². The summed E-state index contributed by atoms with van der Waals surface area (Å²) in [7, 11) is -3.33. The lowest BCUT2D eigenvalue weighted by Gasteiger charge is -2.20. The van der Waals surface area contributed by atoms with Gasteiger partial charge in [0.05, 0.1) is 23.7 Å². The van der Waals surface area contributed by atoms with Gasteiger partial charge in [0.15, 0.2) is 9.84 Å². The molecular formula is C38H39NO9S. The van der Waals surface area contributed by atoms with Crippen molar-refractivity contribution in [1.29, 1.82) is 0 Å². The first kappa shape index (κ1) is 35.2. The van der Waals surface area contributed by atoms with Crippen LogP contribution in [0.5, 0.6) is 28.7 Å². The molecule has 0 atom stereocenters. The zero-order valence-corrected chi connectivity index (χ0v) is 28.2. The standard InChI is InChI=1S/C38H39NO9S/c1-3-39(20-22-45-24-25-47-31-10-4-28(5-11-31)38(41)42)21-23-46-32-12-14-33(15-13-32)48-37-35(18-8-29-26-30(40)9-19-36(29)37)27-6-16-34(17-7-27)49(2,43)44/h4-19,26,40H,3,20-25H2,1-2H3,(H,41,42). The van der Waals surface area contributed by atoms with E-state index in [1.54, 1.807) is 54.6 Å². The average molecular weight is 686 g/mol. The van der Waals surface area contributed by atoms with E-state index in [1.165, 1.54) is 18.4 Å². The highest BCUT2D eigenvalue weighted by molar-refractivity contribution is 7.90. The quantitative estimate of drug-likeness (QED) is 0.0997. The van der Waals surface area contributed by atoms with Crippen molar-refractivity contribution < 1.29 is 42.4 Å². The van der Waals surface area contributed by atoms with E-state index in [9.17, 15) is 18.3 Å². The van der Waals surface area contributed by atoms with Crippen LogP contribution in [0.15, 0.2) is 108 Å². The number of rotatable bonds is 17. The van der Waals surface area contributed by atoms with Crippen molar-refractivity contribution in [2.45, 2.75) is 11.8 Å². The van der Waals surface area contributed by atoms with Crippen LogP contribution in [-0.2, 0) is 14.6 Å². The van der Waals surface area contributed by atoms with Crippen LogP contribution in [0, 0.1) is 0 Å². The number of benzene rings is 5. The minimum Gasteiger partial charge on any atom is -0.508 e. The van der Waals surface area contributed by atoms with Crippen LogP contribution >= 0.6 is 0 Å². The van der Waals surface area contributed by atoms with E-state index in [0.717, 1.165) is 41.5 Å². The molecule has 5 aromatic carbocycles. The van der Waals surface area contributed by atoms with Gasteiger partial charge in [0.2, 0.25) is 0 Å². The Morgan fingerprint density at radius 3 is 2.02 bits per heavy atom. The number of hydrogen-bond acceptors (Lipinski definition) is 9. The fraction of sp³-hybridized carbons (Fsp3) is 0.237. The monoisotopic (exact) mass is 685 g/mol. The Balaban J connectivity index is 1.12. The number of ether oxygens (including phenoxy) is 4. The van der Waals surface area contributed by atoms with Gasteiger partial charge in [-0.15, -0.1) is 0 Å². The summed E-state index contributed by atoms with van der Waals surface area (Å²) in [5.74, 6) is 1.65. The third kappa shape index (κ3) is 9.73. The van der Waals surface area contributed by atoms with Crippen LogP contribution in [-0.4, -0.2) is 81.8 Å². The van der Waals surface area contributed by atoms with Gasteiger partial charge in [-0.05, 0) is 102 Å². The smallest absolute Gasteiger partial charge is 0.335 e. The van der Waals surface area contributed by atoms with E-state index in [0.29, 0.717) is 49.4 Å². The number of carboxylic acid groups (broad SMARTS) is 1. The predicted octanol–water partition coefficient (Wildman–Crippen LogP) is 6.90. The van der Waals surface area contributed by atoms with Crippen molar-refractivity contribution in [2.75, 3.05) is 52.3 Å². The first-order chi connectivity index (χ1) is 23.6. The molecule has 5 aromatic rings. The highest BCUT2D eigenvalue weighted by Crippen LogP contribution is 2.41. The van der Waals surface area contributed by atoms with Gasteiger partial charge in [0.25, 0.3) is 0 Å². The minimum atomic E-state index is -3.33. The van der Waals surface area contributed by atoms with Crippen LogP contribution < -0.4 is 14.2 Å². The van der Waals surface area contributed by atoms with E-state index >= 15 is 0 Å². The van der Waals surface area contributed by atoms with Gasteiger partial charge in [-0.2, -0.15) is 0 Å². The lowest BCUT2D eigenvalue weighted by atomic mass is 9.99. The van der Waals surface area contributed by atoms with Gasteiger partial charge in [-0.25, -0.2) is 13.2 Å². The number of sulfone groups is 1. The molecule has 0 unspecified atom stereocenters. The van der Waals surface area contributed by atoms with Crippen molar-refractivity contribution in [2.24, 2.45) is 0 Å². The van der Waals surface area contributed by atoms with Crippen molar-refractivity contribution in [1.82, 2.24) is 4.90 Å². The summed E-state index contributed by atoms with van der Waals surface area (Å²) in [6.07, 6.45) is 1.18. The van der Waals surface area contributed by atoms with E-state index in [4.69, 9.17) is 24.1 Å². The molecule has 0 saturated carbocycles. The molecule has 0 amide bonds. The number of phenolic OH excluding ortho intramolecular Hbond substituents is 1. The lowest BCUT2D eigenvalue weighted by Crippen LogP contribution is -2.31. The molecule has 256 valence electrons. The van der Waals surface area contributed by atoms with Crippen LogP contribution in [0.25, 0.3) is 21.9 Å². The molecule has 0 aromatic heterocycles. The largest absolute Gasteiger partial charge is 0.508 e. The Kier molecular flexibility index (Phi) is 11.7. The minimum absolute atomic E-state index is 0.146. The summed E-state index contributed by atoms with van der Waals surface area (Å²) < 4.78 is 47.7. The highest BCUT2D eigenvalue weighted by Gasteiger charge is 2.15. The molecule has 49 heavy (non-hydrogen) atoms. The maximum atomic E-state index is 12.0.